The number of nitrogens with zero attached hydrogens (tertiary/aromatic N) is 1. The summed E-state index contributed by atoms with van der Waals surface area (Å²) in [5.74, 6) is 0.175. The van der Waals surface area contributed by atoms with E-state index in [0.717, 1.165) is 4.88 Å². The highest BCUT2D eigenvalue weighted by atomic mass is 32.1. The van der Waals surface area contributed by atoms with Crippen molar-refractivity contribution in [2.75, 3.05) is 7.05 Å². The molecule has 0 aliphatic rings. The van der Waals surface area contributed by atoms with Crippen LogP contribution in [0.15, 0.2) is 35.7 Å². The first-order valence-electron chi connectivity index (χ1n) is 6.11. The van der Waals surface area contributed by atoms with Crippen LogP contribution in [0.2, 0.25) is 0 Å². The molecule has 0 aliphatic heterocycles. The third kappa shape index (κ3) is 2.79. The second kappa shape index (κ2) is 5.45. The lowest BCUT2D eigenvalue weighted by Gasteiger charge is -2.24. The SMILES string of the molecule is Cc1cc(C(=O)N(C)C(C)c2cccs2)ccc1O. The summed E-state index contributed by atoms with van der Waals surface area (Å²) >= 11 is 1.64. The molecule has 4 heteroatoms. The van der Waals surface area contributed by atoms with E-state index in [2.05, 4.69) is 0 Å². The molecule has 1 amide bonds. The number of benzene rings is 1. The summed E-state index contributed by atoms with van der Waals surface area (Å²) < 4.78 is 0. The molecule has 0 fully saturated rings. The van der Waals surface area contributed by atoms with Gasteiger partial charge in [0.25, 0.3) is 5.91 Å². The van der Waals surface area contributed by atoms with Gasteiger partial charge in [-0.15, -0.1) is 11.3 Å². The van der Waals surface area contributed by atoms with Gasteiger partial charge in [0, 0.05) is 17.5 Å². The monoisotopic (exact) mass is 275 g/mol. The second-order valence-electron chi connectivity index (χ2n) is 4.61. The quantitative estimate of drug-likeness (QED) is 0.930. The Morgan fingerprint density at radius 2 is 2.11 bits per heavy atom. The summed E-state index contributed by atoms with van der Waals surface area (Å²) in [7, 11) is 1.80. The first-order valence-corrected chi connectivity index (χ1v) is 6.99. The van der Waals surface area contributed by atoms with Crippen molar-refractivity contribution in [1.29, 1.82) is 0 Å². The predicted octanol–water partition coefficient (Wildman–Crippen LogP) is 3.60. The van der Waals surface area contributed by atoms with Crippen molar-refractivity contribution in [3.05, 3.63) is 51.7 Å². The van der Waals surface area contributed by atoms with Gasteiger partial charge in [-0.2, -0.15) is 0 Å². The molecule has 2 rings (SSSR count). The topological polar surface area (TPSA) is 40.5 Å². The fourth-order valence-electron chi connectivity index (χ4n) is 1.89. The summed E-state index contributed by atoms with van der Waals surface area (Å²) in [5.41, 5.74) is 1.31. The van der Waals surface area contributed by atoms with Gasteiger partial charge in [0.15, 0.2) is 0 Å². The van der Waals surface area contributed by atoms with E-state index in [1.807, 2.05) is 24.4 Å². The van der Waals surface area contributed by atoms with Gasteiger partial charge in [-0.25, -0.2) is 0 Å². The Labute approximate surface area is 117 Å². The minimum Gasteiger partial charge on any atom is -0.508 e. The van der Waals surface area contributed by atoms with E-state index in [0.29, 0.717) is 11.1 Å². The Balaban J connectivity index is 2.21. The van der Waals surface area contributed by atoms with Crippen LogP contribution in [0.1, 0.15) is 33.8 Å². The number of carbonyl (C=O) groups excluding carboxylic acids is 1. The minimum absolute atomic E-state index is 0.0380. The summed E-state index contributed by atoms with van der Waals surface area (Å²) in [4.78, 5) is 15.3. The molecule has 0 aliphatic carbocycles. The van der Waals surface area contributed by atoms with E-state index < -0.39 is 0 Å². The van der Waals surface area contributed by atoms with Crippen LogP contribution in [0.3, 0.4) is 0 Å². The van der Waals surface area contributed by atoms with Crippen LogP contribution in [-0.2, 0) is 0 Å². The third-order valence-corrected chi connectivity index (χ3v) is 4.34. The first-order chi connectivity index (χ1) is 9.00. The Kier molecular flexibility index (Phi) is 3.90. The second-order valence-corrected chi connectivity index (χ2v) is 5.59. The van der Waals surface area contributed by atoms with Crippen molar-refractivity contribution in [3.63, 3.8) is 0 Å². The number of rotatable bonds is 3. The number of amides is 1. The first kappa shape index (κ1) is 13.6. The number of hydrogen-bond donors (Lipinski definition) is 1. The molecule has 0 bridgehead atoms. The maximum Gasteiger partial charge on any atom is 0.254 e. The van der Waals surface area contributed by atoms with Crippen LogP contribution in [0.5, 0.6) is 5.75 Å². The molecule has 1 aromatic carbocycles. The maximum absolute atomic E-state index is 12.4. The largest absolute Gasteiger partial charge is 0.508 e. The molecule has 1 N–H and O–H groups in total. The number of hydrogen-bond acceptors (Lipinski definition) is 3. The standard InChI is InChI=1S/C15H17NO2S/c1-10-9-12(6-7-13(10)17)15(18)16(3)11(2)14-5-4-8-19-14/h4-9,11,17H,1-3H3. The van der Waals surface area contributed by atoms with Gasteiger partial charge in [-0.1, -0.05) is 6.07 Å². The Hall–Kier alpha value is -1.81. The number of carbonyl (C=O) groups is 1. The van der Waals surface area contributed by atoms with Gasteiger partial charge in [0.05, 0.1) is 6.04 Å². The molecule has 0 spiro atoms. The molecule has 1 aromatic heterocycles. The molecule has 2 aromatic rings. The van der Waals surface area contributed by atoms with Crippen molar-refractivity contribution in [2.45, 2.75) is 19.9 Å². The molecular formula is C15H17NO2S. The number of phenolic OH excluding ortho intramolecular Hbond substituents is 1. The Morgan fingerprint density at radius 3 is 2.68 bits per heavy atom. The van der Waals surface area contributed by atoms with Crippen molar-refractivity contribution >= 4 is 17.2 Å². The molecule has 0 saturated carbocycles. The number of aryl methyl sites for hydroxylation is 1. The molecular weight excluding hydrogens is 258 g/mol. The van der Waals surface area contributed by atoms with E-state index in [1.165, 1.54) is 0 Å². The van der Waals surface area contributed by atoms with Crippen molar-refractivity contribution < 1.29 is 9.90 Å². The minimum atomic E-state index is -0.0380. The lowest BCUT2D eigenvalue weighted by atomic mass is 10.1. The van der Waals surface area contributed by atoms with E-state index in [9.17, 15) is 9.90 Å². The van der Waals surface area contributed by atoms with E-state index >= 15 is 0 Å². The molecule has 1 heterocycles. The predicted molar refractivity (Wildman–Crippen MR) is 77.7 cm³/mol. The highest BCUT2D eigenvalue weighted by molar-refractivity contribution is 7.10. The lowest BCUT2D eigenvalue weighted by Crippen LogP contribution is -2.29. The molecule has 3 nitrogen and oxygen atoms in total. The number of aromatic hydroxyl groups is 1. The van der Waals surface area contributed by atoms with Crippen molar-refractivity contribution in [3.8, 4) is 5.75 Å². The van der Waals surface area contributed by atoms with Crippen LogP contribution in [0.25, 0.3) is 0 Å². The molecule has 19 heavy (non-hydrogen) atoms. The van der Waals surface area contributed by atoms with Gasteiger partial charge >= 0.3 is 0 Å². The maximum atomic E-state index is 12.4. The fraction of sp³-hybridized carbons (Fsp3) is 0.267. The average Bonchev–Trinajstić information content (AvgIpc) is 2.93. The van der Waals surface area contributed by atoms with E-state index in [4.69, 9.17) is 0 Å². The number of thiophene rings is 1. The smallest absolute Gasteiger partial charge is 0.254 e. The van der Waals surface area contributed by atoms with Gasteiger partial charge in [0.1, 0.15) is 5.75 Å². The Morgan fingerprint density at radius 1 is 1.37 bits per heavy atom. The van der Waals surface area contributed by atoms with E-state index in [-0.39, 0.29) is 17.7 Å². The Bertz CT molecular complexity index is 578. The molecule has 1 atom stereocenters. The highest BCUT2D eigenvalue weighted by Crippen LogP contribution is 2.25. The van der Waals surface area contributed by atoms with Gasteiger partial charge < -0.3 is 10.0 Å². The summed E-state index contributed by atoms with van der Waals surface area (Å²) in [6.07, 6.45) is 0. The van der Waals surface area contributed by atoms with Crippen LogP contribution < -0.4 is 0 Å². The number of phenols is 1. The van der Waals surface area contributed by atoms with Crippen LogP contribution in [-0.4, -0.2) is 23.0 Å². The van der Waals surface area contributed by atoms with Crippen LogP contribution in [0, 0.1) is 6.92 Å². The van der Waals surface area contributed by atoms with Crippen LogP contribution in [0.4, 0.5) is 0 Å². The zero-order valence-electron chi connectivity index (χ0n) is 11.3. The normalized spacial score (nSPS) is 12.2. The zero-order valence-corrected chi connectivity index (χ0v) is 12.1. The van der Waals surface area contributed by atoms with Gasteiger partial charge in [-0.05, 0) is 49.1 Å². The highest BCUT2D eigenvalue weighted by Gasteiger charge is 2.19. The molecule has 0 saturated heterocycles. The average molecular weight is 275 g/mol. The molecule has 0 radical (unpaired) electrons. The van der Waals surface area contributed by atoms with Crippen molar-refractivity contribution in [1.82, 2.24) is 4.90 Å². The summed E-state index contributed by atoms with van der Waals surface area (Å²) in [6.45, 7) is 3.80. The molecule has 100 valence electrons. The lowest BCUT2D eigenvalue weighted by molar-refractivity contribution is 0.0745. The molecule has 1 unspecified atom stereocenters. The van der Waals surface area contributed by atoms with Gasteiger partial charge in [0.2, 0.25) is 0 Å². The third-order valence-electron chi connectivity index (χ3n) is 3.30. The fourth-order valence-corrected chi connectivity index (χ4v) is 2.71. The summed E-state index contributed by atoms with van der Waals surface area (Å²) in [6, 6.07) is 8.99. The van der Waals surface area contributed by atoms with Gasteiger partial charge in [-0.3, -0.25) is 4.79 Å². The summed E-state index contributed by atoms with van der Waals surface area (Å²) in [5, 5.41) is 11.5. The zero-order chi connectivity index (χ0) is 14.0. The van der Waals surface area contributed by atoms with Crippen molar-refractivity contribution in [2.24, 2.45) is 0 Å². The van der Waals surface area contributed by atoms with E-state index in [1.54, 1.807) is 48.4 Å². The van der Waals surface area contributed by atoms with Crippen LogP contribution >= 0.6 is 11.3 Å².